The Morgan fingerprint density at radius 3 is 2.20 bits per heavy atom. The average Bonchev–Trinajstić information content (AvgIpc) is 2.66. The smallest absolute Gasteiger partial charge is 0.244 e. The number of sulfonamides is 2. The van der Waals surface area contributed by atoms with Crippen molar-refractivity contribution in [2.24, 2.45) is 5.92 Å². The number of nitrogens with one attached hydrogen (secondary N) is 2. The van der Waals surface area contributed by atoms with Crippen molar-refractivity contribution < 1.29 is 26.0 Å². The molecular formula is C19H24FN3O5S2. The van der Waals surface area contributed by atoms with Gasteiger partial charge in [0.25, 0.3) is 0 Å². The van der Waals surface area contributed by atoms with Crippen LogP contribution in [0, 0.1) is 11.7 Å². The van der Waals surface area contributed by atoms with Gasteiger partial charge in [-0.15, -0.1) is 0 Å². The molecule has 0 aliphatic rings. The lowest BCUT2D eigenvalue weighted by Crippen LogP contribution is -2.47. The Morgan fingerprint density at radius 2 is 1.63 bits per heavy atom. The molecule has 0 aromatic heterocycles. The highest BCUT2D eigenvalue weighted by atomic mass is 32.2. The molecule has 1 unspecified atom stereocenters. The number of rotatable bonds is 8. The monoisotopic (exact) mass is 457 g/mol. The van der Waals surface area contributed by atoms with Crippen LogP contribution >= 0.6 is 0 Å². The number of amides is 1. The molecule has 11 heteroatoms. The fraction of sp³-hybridized carbons (Fsp3) is 0.316. The summed E-state index contributed by atoms with van der Waals surface area (Å²) in [5.41, 5.74) is 0.179. The van der Waals surface area contributed by atoms with Crippen molar-refractivity contribution in [3.63, 3.8) is 0 Å². The van der Waals surface area contributed by atoms with Gasteiger partial charge in [0.2, 0.25) is 26.0 Å². The molecule has 0 saturated carbocycles. The average molecular weight is 458 g/mol. The normalized spacial score (nSPS) is 13.4. The number of nitrogens with zero attached hydrogens (tertiary/aromatic N) is 1. The minimum atomic E-state index is -4.30. The van der Waals surface area contributed by atoms with Gasteiger partial charge in [0, 0.05) is 19.8 Å². The van der Waals surface area contributed by atoms with E-state index in [1.54, 1.807) is 13.8 Å². The Kier molecular flexibility index (Phi) is 7.35. The highest BCUT2D eigenvalue weighted by Crippen LogP contribution is 2.20. The molecule has 0 bridgehead atoms. The maximum absolute atomic E-state index is 13.9. The third-order valence-electron chi connectivity index (χ3n) is 4.24. The van der Waals surface area contributed by atoms with Crippen molar-refractivity contribution in [3.05, 3.63) is 54.3 Å². The maximum Gasteiger partial charge on any atom is 0.244 e. The minimum absolute atomic E-state index is 0.0293. The molecule has 0 fully saturated rings. The third kappa shape index (κ3) is 5.42. The molecule has 2 aromatic carbocycles. The zero-order chi connectivity index (χ0) is 22.7. The van der Waals surface area contributed by atoms with Gasteiger partial charge in [-0.25, -0.2) is 25.5 Å². The first kappa shape index (κ1) is 23.9. The van der Waals surface area contributed by atoms with Crippen LogP contribution in [0.15, 0.2) is 58.3 Å². The van der Waals surface area contributed by atoms with Crippen molar-refractivity contribution >= 4 is 31.6 Å². The maximum atomic E-state index is 13.9. The van der Waals surface area contributed by atoms with Gasteiger partial charge in [-0.05, 0) is 36.2 Å². The zero-order valence-electron chi connectivity index (χ0n) is 17.0. The molecule has 2 N–H and O–H groups in total. The lowest BCUT2D eigenvalue weighted by atomic mass is 10.0. The number of benzene rings is 2. The minimum Gasteiger partial charge on any atom is -0.325 e. The summed E-state index contributed by atoms with van der Waals surface area (Å²) in [6.45, 7) is 3.25. The van der Waals surface area contributed by atoms with Gasteiger partial charge in [-0.1, -0.05) is 32.0 Å². The lowest BCUT2D eigenvalue weighted by molar-refractivity contribution is -0.118. The van der Waals surface area contributed by atoms with Crippen molar-refractivity contribution in [2.75, 3.05) is 19.4 Å². The third-order valence-corrected chi connectivity index (χ3v) is 7.52. The fourth-order valence-corrected chi connectivity index (χ4v) is 4.92. The molecule has 0 radical (unpaired) electrons. The first-order chi connectivity index (χ1) is 13.9. The molecule has 1 atom stereocenters. The summed E-state index contributed by atoms with van der Waals surface area (Å²) < 4.78 is 66.9. The molecule has 0 aliphatic heterocycles. The van der Waals surface area contributed by atoms with Crippen LogP contribution in [0.4, 0.5) is 10.1 Å². The summed E-state index contributed by atoms with van der Waals surface area (Å²) in [5, 5.41) is 2.52. The van der Waals surface area contributed by atoms with E-state index in [0.717, 1.165) is 16.4 Å². The molecule has 0 aliphatic carbocycles. The van der Waals surface area contributed by atoms with Gasteiger partial charge in [0.1, 0.15) is 16.8 Å². The van der Waals surface area contributed by atoms with E-state index >= 15 is 0 Å². The van der Waals surface area contributed by atoms with Crippen molar-refractivity contribution in [1.29, 1.82) is 0 Å². The number of halogens is 1. The largest absolute Gasteiger partial charge is 0.325 e. The van der Waals surface area contributed by atoms with E-state index in [1.807, 2.05) is 0 Å². The van der Waals surface area contributed by atoms with E-state index < -0.39 is 48.6 Å². The molecule has 0 saturated heterocycles. The van der Waals surface area contributed by atoms with Crippen LogP contribution in [-0.2, 0) is 24.8 Å². The van der Waals surface area contributed by atoms with E-state index in [4.69, 9.17) is 0 Å². The Hall–Kier alpha value is -2.34. The van der Waals surface area contributed by atoms with Crippen LogP contribution in [0.3, 0.4) is 0 Å². The van der Waals surface area contributed by atoms with Crippen LogP contribution in [0.25, 0.3) is 0 Å². The zero-order valence-corrected chi connectivity index (χ0v) is 18.6. The molecule has 0 heterocycles. The molecular weight excluding hydrogens is 433 g/mol. The molecule has 2 aromatic rings. The van der Waals surface area contributed by atoms with Gasteiger partial charge in [0.15, 0.2) is 0 Å². The molecule has 2 rings (SSSR count). The first-order valence-electron chi connectivity index (χ1n) is 8.96. The van der Waals surface area contributed by atoms with Gasteiger partial charge in [-0.2, -0.15) is 4.72 Å². The van der Waals surface area contributed by atoms with Gasteiger partial charge < -0.3 is 5.32 Å². The van der Waals surface area contributed by atoms with E-state index in [-0.39, 0.29) is 10.6 Å². The van der Waals surface area contributed by atoms with E-state index in [2.05, 4.69) is 10.0 Å². The van der Waals surface area contributed by atoms with Crippen LogP contribution in [0.2, 0.25) is 0 Å². The Balaban J connectivity index is 2.28. The topological polar surface area (TPSA) is 113 Å². The molecule has 30 heavy (non-hydrogen) atoms. The predicted octanol–water partition coefficient (Wildman–Crippen LogP) is 2.02. The molecule has 164 valence electrons. The van der Waals surface area contributed by atoms with Crippen LogP contribution in [0.1, 0.15) is 13.8 Å². The number of carbonyl (C=O) groups is 1. The lowest BCUT2D eigenvalue weighted by Gasteiger charge is -2.22. The predicted molar refractivity (Wildman–Crippen MR) is 111 cm³/mol. The summed E-state index contributed by atoms with van der Waals surface area (Å²) in [6, 6.07) is 9.22. The number of anilines is 1. The van der Waals surface area contributed by atoms with E-state index in [1.165, 1.54) is 50.5 Å². The second-order valence-electron chi connectivity index (χ2n) is 7.08. The molecule has 1 amide bonds. The SMILES string of the molecule is CC(C)C(NS(=O)(=O)c1ccccc1F)C(=O)Nc1cccc(S(=O)(=O)N(C)C)c1. The first-order valence-corrected chi connectivity index (χ1v) is 11.9. The highest BCUT2D eigenvalue weighted by molar-refractivity contribution is 7.89. The Labute approximate surface area is 176 Å². The van der Waals surface area contributed by atoms with E-state index in [0.29, 0.717) is 0 Å². The summed E-state index contributed by atoms with van der Waals surface area (Å²) in [7, 11) is -5.25. The van der Waals surface area contributed by atoms with Gasteiger partial charge >= 0.3 is 0 Å². The quantitative estimate of drug-likeness (QED) is 0.630. The van der Waals surface area contributed by atoms with E-state index in [9.17, 15) is 26.0 Å². The standard InChI is InChI=1S/C19H24FN3O5S2/c1-13(2)18(22-29(25,26)17-11-6-5-10-16(17)20)19(24)21-14-8-7-9-15(12-14)30(27,28)23(3)4/h5-13,18,22H,1-4H3,(H,21,24). The van der Waals surface area contributed by atoms with Crippen molar-refractivity contribution in [3.8, 4) is 0 Å². The summed E-state index contributed by atoms with van der Waals surface area (Å²) in [6.07, 6.45) is 0. The van der Waals surface area contributed by atoms with Crippen LogP contribution in [0.5, 0.6) is 0 Å². The summed E-state index contributed by atoms with van der Waals surface area (Å²) in [4.78, 5) is 12.2. The van der Waals surface area contributed by atoms with Crippen molar-refractivity contribution in [2.45, 2.75) is 29.7 Å². The van der Waals surface area contributed by atoms with Gasteiger partial charge in [0.05, 0.1) is 4.90 Å². The Morgan fingerprint density at radius 1 is 1.00 bits per heavy atom. The molecule has 0 spiro atoms. The Bertz CT molecular complexity index is 1130. The van der Waals surface area contributed by atoms with Crippen LogP contribution in [-0.4, -0.2) is 47.2 Å². The summed E-state index contributed by atoms with van der Waals surface area (Å²) in [5.74, 6) is -2.11. The second kappa shape index (κ2) is 9.21. The van der Waals surface area contributed by atoms with Gasteiger partial charge in [-0.3, -0.25) is 4.79 Å². The summed E-state index contributed by atoms with van der Waals surface area (Å²) >= 11 is 0. The number of carbonyl (C=O) groups excluding carboxylic acids is 1. The molecule has 8 nitrogen and oxygen atoms in total. The number of hydrogen-bond acceptors (Lipinski definition) is 5. The van der Waals surface area contributed by atoms with Crippen LogP contribution < -0.4 is 10.0 Å². The fourth-order valence-electron chi connectivity index (χ4n) is 2.55. The van der Waals surface area contributed by atoms with Crippen molar-refractivity contribution in [1.82, 2.24) is 9.03 Å². The highest BCUT2D eigenvalue weighted by Gasteiger charge is 2.30. The number of hydrogen-bond donors (Lipinski definition) is 2. The second-order valence-corrected chi connectivity index (χ2v) is 10.9.